The first kappa shape index (κ1) is 22.8. The number of fused-ring (bicyclic) bond motifs is 1. The summed E-state index contributed by atoms with van der Waals surface area (Å²) in [5, 5.41) is 13.5. The van der Waals surface area contributed by atoms with Gasteiger partial charge in [0.1, 0.15) is 17.6 Å². The van der Waals surface area contributed by atoms with Gasteiger partial charge >= 0.3 is 0 Å². The molecule has 35 heavy (non-hydrogen) atoms. The maximum absolute atomic E-state index is 14.3. The van der Waals surface area contributed by atoms with Crippen LogP contribution in [-0.2, 0) is 10.0 Å². The Balaban J connectivity index is 1.91. The van der Waals surface area contributed by atoms with Gasteiger partial charge in [-0.1, -0.05) is 24.3 Å². The minimum atomic E-state index is -4.04. The number of hydrogen-bond acceptors (Lipinski definition) is 6. The standard InChI is InChI=1S/C26H21FN4O3S/c1-34-24-8-7-19(27)13-21(24)25-18(15-28)16-30-26-22(25)14-23(17-9-11-29-12-10-17)31(26)35(32,33)20-5-3-2-4-6-20/h2-9,13-14,16,29H,10-12H2,1H3. The topological polar surface area (TPSA) is 97.0 Å². The number of methoxy groups -OCH3 is 1. The lowest BCUT2D eigenvalue weighted by Crippen LogP contribution is -2.22. The Kier molecular flexibility index (Phi) is 5.84. The Morgan fingerprint density at radius 3 is 2.66 bits per heavy atom. The van der Waals surface area contributed by atoms with Crippen LogP contribution in [0.4, 0.5) is 4.39 Å². The number of halogens is 1. The molecule has 0 aliphatic carbocycles. The fourth-order valence-corrected chi connectivity index (χ4v) is 5.91. The fraction of sp³-hybridized carbons (Fsp3) is 0.154. The molecule has 1 N–H and O–H groups in total. The zero-order chi connectivity index (χ0) is 24.6. The van der Waals surface area contributed by atoms with Crippen LogP contribution in [-0.4, -0.2) is 37.6 Å². The van der Waals surface area contributed by atoms with Crippen molar-refractivity contribution >= 4 is 26.6 Å². The van der Waals surface area contributed by atoms with E-state index < -0.39 is 15.8 Å². The van der Waals surface area contributed by atoms with Crippen molar-refractivity contribution in [2.75, 3.05) is 20.2 Å². The van der Waals surface area contributed by atoms with E-state index in [0.29, 0.717) is 47.5 Å². The minimum Gasteiger partial charge on any atom is -0.496 e. The molecule has 0 radical (unpaired) electrons. The molecule has 2 aromatic heterocycles. The second kappa shape index (κ2) is 8.98. The van der Waals surface area contributed by atoms with E-state index in [4.69, 9.17) is 4.74 Å². The zero-order valence-corrected chi connectivity index (χ0v) is 19.6. The summed E-state index contributed by atoms with van der Waals surface area (Å²) in [6.07, 6.45) is 3.88. The van der Waals surface area contributed by atoms with Crippen LogP contribution in [0, 0.1) is 17.1 Å². The van der Waals surface area contributed by atoms with Gasteiger partial charge in [0.05, 0.1) is 23.3 Å². The van der Waals surface area contributed by atoms with Crippen LogP contribution in [0.15, 0.2) is 71.8 Å². The molecule has 5 rings (SSSR count). The summed E-state index contributed by atoms with van der Waals surface area (Å²) in [5.74, 6) is -0.149. The number of hydrogen-bond donors (Lipinski definition) is 1. The Morgan fingerprint density at radius 2 is 1.97 bits per heavy atom. The lowest BCUT2D eigenvalue weighted by molar-refractivity contribution is 0.415. The number of nitrogens with one attached hydrogen (secondary N) is 1. The van der Waals surface area contributed by atoms with Crippen molar-refractivity contribution in [3.05, 3.63) is 83.9 Å². The van der Waals surface area contributed by atoms with Crippen molar-refractivity contribution < 1.29 is 17.5 Å². The van der Waals surface area contributed by atoms with Crippen LogP contribution in [0.1, 0.15) is 17.7 Å². The van der Waals surface area contributed by atoms with Crippen molar-refractivity contribution in [3.8, 4) is 22.9 Å². The minimum absolute atomic E-state index is 0.115. The molecule has 0 amide bonds. The first-order valence-corrected chi connectivity index (χ1v) is 12.4. The third-order valence-electron chi connectivity index (χ3n) is 6.01. The zero-order valence-electron chi connectivity index (χ0n) is 18.8. The van der Waals surface area contributed by atoms with E-state index in [1.807, 2.05) is 6.08 Å². The number of nitriles is 1. The molecule has 0 saturated heterocycles. The molecule has 9 heteroatoms. The fourth-order valence-electron chi connectivity index (χ4n) is 4.39. The second-order valence-corrected chi connectivity index (χ2v) is 9.82. The molecule has 176 valence electrons. The van der Waals surface area contributed by atoms with E-state index >= 15 is 0 Å². The summed E-state index contributed by atoms with van der Waals surface area (Å²) >= 11 is 0. The van der Waals surface area contributed by atoms with Crippen LogP contribution in [0.25, 0.3) is 27.7 Å². The molecule has 2 aromatic carbocycles. The van der Waals surface area contributed by atoms with E-state index in [-0.39, 0.29) is 16.1 Å². The van der Waals surface area contributed by atoms with Gasteiger partial charge in [-0.2, -0.15) is 5.26 Å². The first-order chi connectivity index (χ1) is 17.0. The quantitative estimate of drug-likeness (QED) is 0.449. The maximum atomic E-state index is 14.3. The van der Waals surface area contributed by atoms with E-state index in [2.05, 4.69) is 16.4 Å². The summed E-state index contributed by atoms with van der Waals surface area (Å²) in [4.78, 5) is 4.52. The van der Waals surface area contributed by atoms with Crippen LogP contribution in [0.2, 0.25) is 0 Å². The summed E-state index contributed by atoms with van der Waals surface area (Å²) in [5.41, 5.74) is 2.36. The van der Waals surface area contributed by atoms with E-state index in [0.717, 1.165) is 5.57 Å². The Labute approximate surface area is 202 Å². The molecule has 0 saturated carbocycles. The number of aromatic nitrogens is 2. The molecule has 3 heterocycles. The van der Waals surface area contributed by atoms with Crippen molar-refractivity contribution in [2.24, 2.45) is 0 Å². The molecule has 0 bridgehead atoms. The van der Waals surface area contributed by atoms with Crippen molar-refractivity contribution in [2.45, 2.75) is 11.3 Å². The van der Waals surface area contributed by atoms with Gasteiger partial charge in [-0.05, 0) is 54.9 Å². The van der Waals surface area contributed by atoms with Crippen molar-refractivity contribution in [1.29, 1.82) is 5.26 Å². The molecular weight excluding hydrogens is 467 g/mol. The highest BCUT2D eigenvalue weighted by atomic mass is 32.2. The van der Waals surface area contributed by atoms with Crippen LogP contribution in [0.3, 0.4) is 0 Å². The van der Waals surface area contributed by atoms with Crippen molar-refractivity contribution in [1.82, 2.24) is 14.3 Å². The van der Waals surface area contributed by atoms with Crippen molar-refractivity contribution in [3.63, 3.8) is 0 Å². The maximum Gasteiger partial charge on any atom is 0.269 e. The molecule has 0 atom stereocenters. The predicted octanol–water partition coefficient (Wildman–Crippen LogP) is 4.34. The van der Waals surface area contributed by atoms with Gasteiger partial charge in [-0.3, -0.25) is 0 Å². The summed E-state index contributed by atoms with van der Waals surface area (Å²) < 4.78 is 48.8. The number of pyridine rings is 1. The smallest absolute Gasteiger partial charge is 0.269 e. The third kappa shape index (κ3) is 3.87. The van der Waals surface area contributed by atoms with Crippen LogP contribution < -0.4 is 10.1 Å². The highest BCUT2D eigenvalue weighted by Gasteiger charge is 2.28. The number of nitrogens with zero attached hydrogens (tertiary/aromatic N) is 3. The van der Waals surface area contributed by atoms with E-state index in [1.165, 1.54) is 47.6 Å². The molecule has 1 aliphatic heterocycles. The van der Waals surface area contributed by atoms with Gasteiger partial charge in [0, 0.05) is 29.3 Å². The highest BCUT2D eigenvalue weighted by Crippen LogP contribution is 2.40. The molecular formula is C26H21FN4O3S. The van der Waals surface area contributed by atoms with E-state index in [1.54, 1.807) is 24.3 Å². The lowest BCUT2D eigenvalue weighted by atomic mass is 9.97. The third-order valence-corrected chi connectivity index (χ3v) is 7.73. The molecule has 0 spiro atoms. The van der Waals surface area contributed by atoms with Crippen LogP contribution in [0.5, 0.6) is 5.75 Å². The van der Waals surface area contributed by atoms with Gasteiger partial charge in [-0.25, -0.2) is 21.8 Å². The average molecular weight is 489 g/mol. The van der Waals surface area contributed by atoms with Gasteiger partial charge in [-0.15, -0.1) is 0 Å². The first-order valence-electron chi connectivity index (χ1n) is 10.9. The second-order valence-electron chi connectivity index (χ2n) is 8.04. The molecule has 4 aromatic rings. The number of benzene rings is 2. The predicted molar refractivity (Wildman–Crippen MR) is 131 cm³/mol. The lowest BCUT2D eigenvalue weighted by Gasteiger charge is -2.17. The highest BCUT2D eigenvalue weighted by molar-refractivity contribution is 7.90. The van der Waals surface area contributed by atoms with Gasteiger partial charge in [0.25, 0.3) is 10.0 Å². The monoisotopic (exact) mass is 488 g/mol. The number of rotatable bonds is 5. The average Bonchev–Trinajstić information content (AvgIpc) is 3.29. The van der Waals surface area contributed by atoms with Gasteiger partial charge in [0.2, 0.25) is 0 Å². The van der Waals surface area contributed by atoms with Gasteiger partial charge < -0.3 is 10.1 Å². The Morgan fingerprint density at radius 1 is 1.17 bits per heavy atom. The van der Waals surface area contributed by atoms with Crippen LogP contribution >= 0.6 is 0 Å². The molecule has 0 fully saturated rings. The SMILES string of the molecule is COc1ccc(F)cc1-c1c(C#N)cnc2c1cc(C1=CCNCC1)n2S(=O)(=O)c1ccccc1. The van der Waals surface area contributed by atoms with Gasteiger partial charge in [0.15, 0.2) is 5.65 Å². The summed E-state index contributed by atoms with van der Waals surface area (Å²) in [6.45, 7) is 1.30. The largest absolute Gasteiger partial charge is 0.496 e. The Bertz CT molecular complexity index is 1620. The number of ether oxygens (including phenoxy) is 1. The summed E-state index contributed by atoms with van der Waals surface area (Å²) in [6, 6.07) is 16.0. The van der Waals surface area contributed by atoms with E-state index in [9.17, 15) is 18.1 Å². The summed E-state index contributed by atoms with van der Waals surface area (Å²) in [7, 11) is -2.58. The normalized spacial score (nSPS) is 13.9. The molecule has 1 aliphatic rings. The Hall–Kier alpha value is -4.00. The molecule has 0 unspecified atom stereocenters. The molecule has 7 nitrogen and oxygen atoms in total.